The summed E-state index contributed by atoms with van der Waals surface area (Å²) < 4.78 is 0. The Morgan fingerprint density at radius 3 is 2.91 bits per heavy atom. The number of hydrogen-bond acceptors (Lipinski definition) is 2. The lowest BCUT2D eigenvalue weighted by molar-refractivity contribution is 0.0956. The summed E-state index contributed by atoms with van der Waals surface area (Å²) in [6.07, 6.45) is 7.08. The monoisotopic (exact) mass is 295 g/mol. The molecular formula is C18H21N3O. The fraction of sp³-hybridized carbons (Fsp3) is 0.444. The summed E-state index contributed by atoms with van der Waals surface area (Å²) in [4.78, 5) is 15.5. The predicted octanol–water partition coefficient (Wildman–Crippen LogP) is 3.71. The number of para-hydroxylation sites is 1. The van der Waals surface area contributed by atoms with Gasteiger partial charge in [-0.1, -0.05) is 24.6 Å². The zero-order chi connectivity index (χ0) is 15.1. The van der Waals surface area contributed by atoms with E-state index in [1.165, 1.54) is 25.7 Å². The molecule has 1 aromatic heterocycles. The van der Waals surface area contributed by atoms with Gasteiger partial charge in [-0.05, 0) is 44.1 Å². The van der Waals surface area contributed by atoms with E-state index in [1.54, 1.807) is 6.20 Å². The number of H-pyrrole nitrogens is 1. The molecule has 0 spiro atoms. The molecule has 114 valence electrons. The summed E-state index contributed by atoms with van der Waals surface area (Å²) in [6.45, 7) is 2.06. The van der Waals surface area contributed by atoms with Crippen molar-refractivity contribution in [2.24, 2.45) is 22.9 Å². The van der Waals surface area contributed by atoms with Gasteiger partial charge >= 0.3 is 0 Å². The Bertz CT molecular complexity index is 746. The van der Waals surface area contributed by atoms with Gasteiger partial charge in [-0.25, -0.2) is 5.43 Å². The van der Waals surface area contributed by atoms with E-state index in [-0.39, 0.29) is 5.91 Å². The zero-order valence-electron chi connectivity index (χ0n) is 12.8. The number of amides is 1. The number of aromatic amines is 1. The van der Waals surface area contributed by atoms with Crippen molar-refractivity contribution in [2.45, 2.75) is 32.6 Å². The molecule has 2 aliphatic rings. The highest BCUT2D eigenvalue weighted by atomic mass is 16.2. The number of rotatable bonds is 3. The maximum atomic E-state index is 12.4. The van der Waals surface area contributed by atoms with Gasteiger partial charge in [0.15, 0.2) is 0 Å². The van der Waals surface area contributed by atoms with Gasteiger partial charge in [0.05, 0.1) is 5.56 Å². The number of aromatic nitrogens is 1. The molecule has 2 aliphatic carbocycles. The molecule has 0 unspecified atom stereocenters. The van der Waals surface area contributed by atoms with Crippen LogP contribution < -0.4 is 5.43 Å². The Labute approximate surface area is 130 Å². The van der Waals surface area contributed by atoms with Crippen molar-refractivity contribution in [1.82, 2.24) is 10.4 Å². The van der Waals surface area contributed by atoms with E-state index in [2.05, 4.69) is 22.4 Å². The van der Waals surface area contributed by atoms with Gasteiger partial charge < -0.3 is 4.98 Å². The molecule has 4 rings (SSSR count). The van der Waals surface area contributed by atoms with E-state index in [0.29, 0.717) is 11.5 Å². The molecule has 0 radical (unpaired) electrons. The SMILES string of the molecule is C/C(=N/NC(=O)c1c[nH]c2ccccc12)[C@H]1C[C@@H]2CC[C@@H]1C2. The van der Waals surface area contributed by atoms with E-state index in [1.807, 2.05) is 24.3 Å². The van der Waals surface area contributed by atoms with E-state index in [9.17, 15) is 4.79 Å². The number of nitrogens with one attached hydrogen (secondary N) is 2. The number of fused-ring (bicyclic) bond motifs is 3. The van der Waals surface area contributed by atoms with Gasteiger partial charge in [0.1, 0.15) is 0 Å². The second-order valence-corrected chi connectivity index (χ2v) is 6.72. The summed E-state index contributed by atoms with van der Waals surface area (Å²) in [6, 6.07) is 7.82. The molecular weight excluding hydrogens is 274 g/mol. The van der Waals surface area contributed by atoms with Gasteiger partial charge in [0, 0.05) is 28.7 Å². The van der Waals surface area contributed by atoms with E-state index in [4.69, 9.17) is 0 Å². The second-order valence-electron chi connectivity index (χ2n) is 6.72. The standard InChI is InChI=1S/C18H21N3O/c1-11(15-9-12-6-7-13(15)8-12)20-21-18(22)16-10-19-17-5-3-2-4-14(16)17/h2-5,10,12-13,15,19H,6-9H2,1H3,(H,21,22)/b20-11-/t12-,13-,15-/m1/s1. The van der Waals surface area contributed by atoms with Crippen LogP contribution in [0.4, 0.5) is 0 Å². The highest BCUT2D eigenvalue weighted by Crippen LogP contribution is 2.48. The Hall–Kier alpha value is -2.10. The van der Waals surface area contributed by atoms with Crippen molar-refractivity contribution in [3.8, 4) is 0 Å². The number of nitrogens with zero attached hydrogens (tertiary/aromatic N) is 1. The van der Waals surface area contributed by atoms with Gasteiger partial charge in [-0.2, -0.15) is 5.10 Å². The van der Waals surface area contributed by atoms with Crippen LogP contribution in [0.5, 0.6) is 0 Å². The summed E-state index contributed by atoms with van der Waals surface area (Å²) >= 11 is 0. The van der Waals surface area contributed by atoms with Crippen LogP contribution >= 0.6 is 0 Å². The quantitative estimate of drug-likeness (QED) is 0.658. The van der Waals surface area contributed by atoms with Crippen LogP contribution in [-0.2, 0) is 0 Å². The van der Waals surface area contributed by atoms with Crippen LogP contribution in [0.3, 0.4) is 0 Å². The van der Waals surface area contributed by atoms with Crippen molar-refractivity contribution in [3.63, 3.8) is 0 Å². The highest BCUT2D eigenvalue weighted by molar-refractivity contribution is 6.07. The van der Waals surface area contributed by atoms with E-state index < -0.39 is 0 Å². The third-order valence-electron chi connectivity index (χ3n) is 5.44. The van der Waals surface area contributed by atoms with Gasteiger partial charge in [0.2, 0.25) is 0 Å². The molecule has 3 atom stereocenters. The van der Waals surface area contributed by atoms with E-state index in [0.717, 1.165) is 28.5 Å². The lowest BCUT2D eigenvalue weighted by Crippen LogP contribution is -2.24. The average molecular weight is 295 g/mol. The molecule has 1 aromatic carbocycles. The minimum atomic E-state index is -0.139. The Morgan fingerprint density at radius 1 is 1.27 bits per heavy atom. The fourth-order valence-corrected chi connectivity index (χ4v) is 4.30. The third-order valence-corrected chi connectivity index (χ3v) is 5.44. The average Bonchev–Trinajstić information content (AvgIpc) is 3.26. The summed E-state index contributed by atoms with van der Waals surface area (Å²) in [5, 5.41) is 5.33. The number of benzene rings is 1. The minimum absolute atomic E-state index is 0.139. The third kappa shape index (κ3) is 2.23. The number of hydrazone groups is 1. The van der Waals surface area contributed by atoms with Gasteiger partial charge in [0.25, 0.3) is 5.91 Å². The van der Waals surface area contributed by atoms with Crippen LogP contribution in [0, 0.1) is 17.8 Å². The number of carbonyl (C=O) groups excluding carboxylic acids is 1. The van der Waals surface area contributed by atoms with Crippen LogP contribution in [0.2, 0.25) is 0 Å². The smallest absolute Gasteiger partial charge is 0.273 e. The van der Waals surface area contributed by atoms with Crippen molar-refractivity contribution >= 4 is 22.5 Å². The first-order chi connectivity index (χ1) is 10.7. The first-order valence-corrected chi connectivity index (χ1v) is 8.13. The van der Waals surface area contributed by atoms with Crippen LogP contribution in [-0.4, -0.2) is 16.6 Å². The topological polar surface area (TPSA) is 57.2 Å². The Morgan fingerprint density at radius 2 is 2.14 bits per heavy atom. The molecule has 1 amide bonds. The normalized spacial score (nSPS) is 27.5. The van der Waals surface area contributed by atoms with Crippen molar-refractivity contribution in [1.29, 1.82) is 0 Å². The molecule has 2 N–H and O–H groups in total. The lowest BCUT2D eigenvalue weighted by Gasteiger charge is -2.21. The highest BCUT2D eigenvalue weighted by Gasteiger charge is 2.40. The van der Waals surface area contributed by atoms with Gasteiger partial charge in [-0.3, -0.25) is 4.79 Å². The first-order valence-electron chi connectivity index (χ1n) is 8.13. The molecule has 22 heavy (non-hydrogen) atoms. The van der Waals surface area contributed by atoms with Crippen molar-refractivity contribution < 1.29 is 4.79 Å². The molecule has 2 bridgehead atoms. The first kappa shape index (κ1) is 13.6. The predicted molar refractivity (Wildman–Crippen MR) is 87.8 cm³/mol. The molecule has 4 nitrogen and oxygen atoms in total. The fourth-order valence-electron chi connectivity index (χ4n) is 4.30. The summed E-state index contributed by atoms with van der Waals surface area (Å²) in [7, 11) is 0. The van der Waals surface area contributed by atoms with Crippen LogP contribution in [0.15, 0.2) is 35.6 Å². The van der Waals surface area contributed by atoms with Crippen LogP contribution in [0.25, 0.3) is 10.9 Å². The van der Waals surface area contributed by atoms with Crippen molar-refractivity contribution in [2.75, 3.05) is 0 Å². The molecule has 0 saturated heterocycles. The number of carbonyl (C=O) groups is 1. The maximum absolute atomic E-state index is 12.4. The molecule has 2 aromatic rings. The molecule has 4 heteroatoms. The maximum Gasteiger partial charge on any atom is 0.273 e. The lowest BCUT2D eigenvalue weighted by atomic mass is 9.86. The van der Waals surface area contributed by atoms with Gasteiger partial charge in [-0.15, -0.1) is 0 Å². The molecule has 2 fully saturated rings. The zero-order valence-corrected chi connectivity index (χ0v) is 12.8. The Balaban J connectivity index is 1.49. The molecule has 2 saturated carbocycles. The minimum Gasteiger partial charge on any atom is -0.360 e. The van der Waals surface area contributed by atoms with E-state index >= 15 is 0 Å². The summed E-state index contributed by atoms with van der Waals surface area (Å²) in [5.41, 5.74) is 5.45. The second kappa shape index (κ2) is 5.27. The molecule has 0 aliphatic heterocycles. The summed E-state index contributed by atoms with van der Waals surface area (Å²) in [5.74, 6) is 2.12. The van der Waals surface area contributed by atoms with Crippen molar-refractivity contribution in [3.05, 3.63) is 36.0 Å². The Kier molecular flexibility index (Phi) is 3.25. The van der Waals surface area contributed by atoms with Crippen LogP contribution in [0.1, 0.15) is 43.0 Å². The molecule has 1 heterocycles. The number of hydrogen-bond donors (Lipinski definition) is 2. The largest absolute Gasteiger partial charge is 0.360 e.